The summed E-state index contributed by atoms with van der Waals surface area (Å²) >= 11 is 0. The Morgan fingerprint density at radius 2 is 1.79 bits per heavy atom. The lowest BCUT2D eigenvalue weighted by atomic mass is 9.97. The summed E-state index contributed by atoms with van der Waals surface area (Å²) < 4.78 is 30.2. The molecule has 2 aromatic carbocycles. The van der Waals surface area contributed by atoms with Gasteiger partial charge in [-0.3, -0.25) is 9.59 Å². The third-order valence-electron chi connectivity index (χ3n) is 5.73. The molecule has 10 nitrogen and oxygen atoms in total. The van der Waals surface area contributed by atoms with Gasteiger partial charge in [0.05, 0.1) is 16.5 Å². The zero-order valence-corrected chi connectivity index (χ0v) is 19.7. The lowest BCUT2D eigenvalue weighted by Gasteiger charge is -2.31. The number of carbonyl (C=O) groups is 2. The molecule has 1 aliphatic heterocycles. The summed E-state index contributed by atoms with van der Waals surface area (Å²) in [6.45, 7) is 2.70. The number of aromatic nitrogens is 4. The fourth-order valence-corrected chi connectivity index (χ4v) is 4.45. The van der Waals surface area contributed by atoms with Crippen LogP contribution in [0.2, 0.25) is 0 Å². The Labute approximate surface area is 197 Å². The Morgan fingerprint density at radius 1 is 1.09 bits per heavy atom. The number of ether oxygens (including phenoxy) is 1. The van der Waals surface area contributed by atoms with Crippen molar-refractivity contribution in [2.24, 2.45) is 5.92 Å². The monoisotopic (exact) mass is 483 g/mol. The number of benzene rings is 2. The molecule has 1 saturated heterocycles. The Morgan fingerprint density at radius 3 is 2.47 bits per heavy atom. The van der Waals surface area contributed by atoms with Gasteiger partial charge in [-0.1, -0.05) is 17.7 Å². The first-order chi connectivity index (χ1) is 16.2. The maximum atomic E-state index is 12.8. The van der Waals surface area contributed by atoms with E-state index in [-0.39, 0.29) is 17.4 Å². The number of amides is 1. The average Bonchev–Trinajstić information content (AvgIpc) is 3.31. The predicted molar refractivity (Wildman–Crippen MR) is 122 cm³/mol. The Hall–Kier alpha value is -3.60. The lowest BCUT2D eigenvalue weighted by Crippen LogP contribution is -2.42. The van der Waals surface area contributed by atoms with Crippen LogP contribution in [0.3, 0.4) is 0 Å². The highest BCUT2D eigenvalue weighted by Gasteiger charge is 2.30. The maximum absolute atomic E-state index is 12.8. The molecule has 1 fully saturated rings. The minimum absolute atomic E-state index is 0.0982. The van der Waals surface area contributed by atoms with E-state index < -0.39 is 21.7 Å². The van der Waals surface area contributed by atoms with Crippen molar-refractivity contribution in [1.29, 1.82) is 0 Å². The second-order valence-electron chi connectivity index (χ2n) is 8.34. The largest absolute Gasteiger partial charge is 0.457 e. The molecule has 0 unspecified atom stereocenters. The molecule has 0 N–H and O–H groups in total. The van der Waals surface area contributed by atoms with E-state index in [0.29, 0.717) is 43.0 Å². The molecular formula is C23H25N5O5S. The minimum Gasteiger partial charge on any atom is -0.457 e. The van der Waals surface area contributed by atoms with E-state index in [1.165, 1.54) is 16.8 Å². The number of sulfone groups is 1. The van der Waals surface area contributed by atoms with Crippen LogP contribution in [0.15, 0.2) is 53.4 Å². The minimum atomic E-state index is -3.32. The first-order valence-electron chi connectivity index (χ1n) is 10.8. The van der Waals surface area contributed by atoms with Gasteiger partial charge in [0.1, 0.15) is 0 Å². The standard InChI is InChI=1S/C23H25N5O5S/c1-16-5-7-17(8-6-16)22(29)27-13-3-4-18(14-27)23(30)33-15-21-24-25-26-28(21)19-9-11-20(12-10-19)34(2,31)32/h5-12,18H,3-4,13-15H2,1-2H3/t18-/m0/s1. The zero-order valence-electron chi connectivity index (χ0n) is 18.9. The highest BCUT2D eigenvalue weighted by atomic mass is 32.2. The van der Waals surface area contributed by atoms with Gasteiger partial charge in [0.25, 0.3) is 5.91 Å². The highest BCUT2D eigenvalue weighted by molar-refractivity contribution is 7.90. The van der Waals surface area contributed by atoms with Gasteiger partial charge in [0.15, 0.2) is 22.3 Å². The van der Waals surface area contributed by atoms with Crippen LogP contribution in [0.1, 0.15) is 34.6 Å². The number of piperidine rings is 1. The van der Waals surface area contributed by atoms with E-state index in [9.17, 15) is 18.0 Å². The Bertz CT molecular complexity index is 1290. The molecule has 34 heavy (non-hydrogen) atoms. The molecule has 1 aromatic heterocycles. The van der Waals surface area contributed by atoms with Crippen molar-refractivity contribution in [2.75, 3.05) is 19.3 Å². The molecule has 0 spiro atoms. The van der Waals surface area contributed by atoms with Crippen LogP contribution in [0.5, 0.6) is 0 Å². The molecule has 1 amide bonds. The van der Waals surface area contributed by atoms with Crippen LogP contribution in [0, 0.1) is 12.8 Å². The van der Waals surface area contributed by atoms with Crippen molar-refractivity contribution >= 4 is 21.7 Å². The number of tetrazole rings is 1. The molecule has 11 heteroatoms. The van der Waals surface area contributed by atoms with E-state index in [2.05, 4.69) is 15.5 Å². The number of hydrogen-bond acceptors (Lipinski definition) is 8. The van der Waals surface area contributed by atoms with Crippen LogP contribution >= 0.6 is 0 Å². The number of aryl methyl sites for hydroxylation is 1. The van der Waals surface area contributed by atoms with Gasteiger partial charge in [-0.05, 0) is 66.6 Å². The molecule has 0 bridgehead atoms. The molecule has 1 atom stereocenters. The highest BCUT2D eigenvalue weighted by Crippen LogP contribution is 2.21. The second kappa shape index (κ2) is 9.72. The van der Waals surface area contributed by atoms with Gasteiger partial charge in [0, 0.05) is 24.9 Å². The van der Waals surface area contributed by atoms with Crippen LogP contribution in [-0.4, -0.2) is 64.7 Å². The zero-order chi connectivity index (χ0) is 24.3. The normalized spacial score (nSPS) is 16.3. The van der Waals surface area contributed by atoms with Crippen LogP contribution < -0.4 is 0 Å². The Balaban J connectivity index is 1.38. The van der Waals surface area contributed by atoms with Crippen molar-refractivity contribution < 1.29 is 22.7 Å². The van der Waals surface area contributed by atoms with Gasteiger partial charge in [-0.2, -0.15) is 4.68 Å². The van der Waals surface area contributed by atoms with Crippen molar-refractivity contribution in [3.05, 3.63) is 65.5 Å². The molecule has 0 saturated carbocycles. The first kappa shape index (κ1) is 23.6. The van der Waals surface area contributed by atoms with Crippen LogP contribution in [0.25, 0.3) is 5.69 Å². The number of nitrogens with zero attached hydrogens (tertiary/aromatic N) is 5. The fourth-order valence-electron chi connectivity index (χ4n) is 3.82. The first-order valence-corrected chi connectivity index (χ1v) is 12.7. The number of hydrogen-bond donors (Lipinski definition) is 0. The van der Waals surface area contributed by atoms with Gasteiger partial charge < -0.3 is 9.64 Å². The summed E-state index contributed by atoms with van der Waals surface area (Å²) in [6.07, 6.45) is 2.47. The molecule has 178 valence electrons. The van der Waals surface area contributed by atoms with Crippen LogP contribution in [0.4, 0.5) is 0 Å². The van der Waals surface area contributed by atoms with Gasteiger partial charge in [-0.15, -0.1) is 5.10 Å². The Kier molecular flexibility index (Phi) is 6.73. The number of rotatable bonds is 6. The van der Waals surface area contributed by atoms with E-state index in [1.54, 1.807) is 29.2 Å². The summed E-state index contributed by atoms with van der Waals surface area (Å²) in [5.74, 6) is -0.646. The van der Waals surface area contributed by atoms with Crippen molar-refractivity contribution in [2.45, 2.75) is 31.3 Å². The molecule has 0 aliphatic carbocycles. The summed E-state index contributed by atoms with van der Waals surface area (Å²) in [5, 5.41) is 11.5. The number of esters is 1. The second-order valence-corrected chi connectivity index (χ2v) is 10.4. The molecular weight excluding hydrogens is 458 g/mol. The summed E-state index contributed by atoms with van der Waals surface area (Å²) in [6, 6.07) is 13.4. The van der Waals surface area contributed by atoms with Crippen LogP contribution in [-0.2, 0) is 26.0 Å². The van der Waals surface area contributed by atoms with Crippen molar-refractivity contribution in [3.63, 3.8) is 0 Å². The summed E-state index contributed by atoms with van der Waals surface area (Å²) in [4.78, 5) is 27.4. The molecule has 3 aromatic rings. The molecule has 4 rings (SSSR count). The topological polar surface area (TPSA) is 124 Å². The maximum Gasteiger partial charge on any atom is 0.311 e. The smallest absolute Gasteiger partial charge is 0.311 e. The van der Waals surface area contributed by atoms with Crippen molar-refractivity contribution in [3.8, 4) is 5.69 Å². The molecule has 2 heterocycles. The molecule has 1 aliphatic rings. The SMILES string of the molecule is Cc1ccc(C(=O)N2CCC[C@H](C(=O)OCc3nnnn3-c3ccc(S(C)(=O)=O)cc3)C2)cc1. The molecule has 0 radical (unpaired) electrons. The van der Waals surface area contributed by atoms with E-state index in [4.69, 9.17) is 4.74 Å². The average molecular weight is 484 g/mol. The third kappa shape index (κ3) is 5.30. The number of carbonyl (C=O) groups excluding carboxylic acids is 2. The fraction of sp³-hybridized carbons (Fsp3) is 0.348. The summed E-state index contributed by atoms with van der Waals surface area (Å²) in [7, 11) is -3.32. The van der Waals surface area contributed by atoms with E-state index >= 15 is 0 Å². The third-order valence-corrected chi connectivity index (χ3v) is 6.86. The van der Waals surface area contributed by atoms with Crippen molar-refractivity contribution in [1.82, 2.24) is 25.1 Å². The lowest BCUT2D eigenvalue weighted by molar-refractivity contribution is -0.151. The van der Waals surface area contributed by atoms with Gasteiger partial charge >= 0.3 is 5.97 Å². The quantitative estimate of drug-likeness (QED) is 0.488. The predicted octanol–water partition coefficient (Wildman–Crippen LogP) is 1.97. The van der Waals surface area contributed by atoms with Gasteiger partial charge in [-0.25, -0.2) is 8.42 Å². The van der Waals surface area contributed by atoms with E-state index in [0.717, 1.165) is 11.8 Å². The van der Waals surface area contributed by atoms with E-state index in [1.807, 2.05) is 19.1 Å². The van der Waals surface area contributed by atoms with Gasteiger partial charge in [0.2, 0.25) is 0 Å². The summed E-state index contributed by atoms with van der Waals surface area (Å²) in [5.41, 5.74) is 2.21. The number of likely N-dealkylation sites (tertiary alicyclic amines) is 1.